The van der Waals surface area contributed by atoms with Crippen LogP contribution < -0.4 is 5.32 Å². The molecule has 2 aliphatic heterocycles. The van der Waals surface area contributed by atoms with E-state index in [1.807, 2.05) is 31.2 Å². The summed E-state index contributed by atoms with van der Waals surface area (Å²) in [6.45, 7) is 4.52. The predicted octanol–water partition coefficient (Wildman–Crippen LogP) is 2.05. The van der Waals surface area contributed by atoms with Crippen molar-refractivity contribution in [1.82, 2.24) is 13.9 Å². The fourth-order valence-corrected chi connectivity index (χ4v) is 5.44. The van der Waals surface area contributed by atoms with E-state index in [4.69, 9.17) is 0 Å². The molecule has 0 bridgehead atoms. The summed E-state index contributed by atoms with van der Waals surface area (Å²) in [4.78, 5) is 12.5. The Morgan fingerprint density at radius 1 is 1.04 bits per heavy atom. The van der Waals surface area contributed by atoms with Gasteiger partial charge in [-0.1, -0.05) is 36.2 Å². The third-order valence-electron chi connectivity index (χ3n) is 5.31. The van der Waals surface area contributed by atoms with Crippen LogP contribution in [0.2, 0.25) is 0 Å². The average Bonchev–Trinajstić information content (AvgIpc) is 2.68. The zero-order valence-corrected chi connectivity index (χ0v) is 16.3. The number of benzene rings is 1. The van der Waals surface area contributed by atoms with Crippen molar-refractivity contribution in [3.63, 3.8) is 0 Å². The van der Waals surface area contributed by atoms with Crippen molar-refractivity contribution >= 4 is 16.1 Å². The lowest BCUT2D eigenvalue weighted by Crippen LogP contribution is -2.51. The van der Waals surface area contributed by atoms with Gasteiger partial charge in [-0.2, -0.15) is 17.0 Å². The number of aryl methyl sites for hydroxylation is 1. The molecule has 1 aromatic carbocycles. The zero-order valence-electron chi connectivity index (χ0n) is 15.5. The van der Waals surface area contributed by atoms with Gasteiger partial charge in [-0.25, -0.2) is 0 Å². The third-order valence-corrected chi connectivity index (χ3v) is 7.31. The van der Waals surface area contributed by atoms with Crippen molar-refractivity contribution in [3.05, 3.63) is 35.4 Å². The lowest BCUT2D eigenvalue weighted by atomic mass is 9.98. The maximum Gasteiger partial charge on any atom is 0.281 e. The molecule has 0 aliphatic carbocycles. The van der Waals surface area contributed by atoms with Crippen LogP contribution >= 0.6 is 0 Å². The molecule has 1 N–H and O–H groups in total. The highest BCUT2D eigenvalue weighted by atomic mass is 32.2. The summed E-state index contributed by atoms with van der Waals surface area (Å²) in [5.74, 6) is -0.321. The van der Waals surface area contributed by atoms with Gasteiger partial charge in [0.05, 0.1) is 5.92 Å². The molecule has 0 saturated carbocycles. The van der Waals surface area contributed by atoms with E-state index in [0.29, 0.717) is 32.7 Å². The number of amides is 1. The first-order chi connectivity index (χ1) is 12.5. The molecule has 1 atom stereocenters. The molecule has 7 heteroatoms. The summed E-state index contributed by atoms with van der Waals surface area (Å²) in [7, 11) is -3.44. The minimum absolute atomic E-state index is 0.0517. The van der Waals surface area contributed by atoms with Gasteiger partial charge in [-0.15, -0.1) is 0 Å². The maximum atomic E-state index is 12.8. The van der Waals surface area contributed by atoms with Crippen molar-refractivity contribution in [2.45, 2.75) is 45.6 Å². The molecule has 2 saturated heterocycles. The molecule has 2 heterocycles. The first kappa shape index (κ1) is 19.3. The van der Waals surface area contributed by atoms with E-state index in [-0.39, 0.29) is 11.8 Å². The number of rotatable bonds is 5. The first-order valence-corrected chi connectivity index (χ1v) is 10.9. The lowest BCUT2D eigenvalue weighted by molar-refractivity contribution is -0.126. The Labute approximate surface area is 156 Å². The number of carbonyl (C=O) groups is 1. The predicted molar refractivity (Wildman–Crippen MR) is 102 cm³/mol. The van der Waals surface area contributed by atoms with E-state index < -0.39 is 10.2 Å². The summed E-state index contributed by atoms with van der Waals surface area (Å²) in [5.41, 5.74) is 2.24. The van der Waals surface area contributed by atoms with Crippen LogP contribution in [0.25, 0.3) is 0 Å². The molecule has 3 rings (SSSR count). The minimum atomic E-state index is -3.44. The normalized spacial score (nSPS) is 22.9. The fraction of sp³-hybridized carbons (Fsp3) is 0.632. The summed E-state index contributed by atoms with van der Waals surface area (Å²) in [6.07, 6.45) is 4.42. The van der Waals surface area contributed by atoms with Crippen molar-refractivity contribution < 1.29 is 13.2 Å². The van der Waals surface area contributed by atoms with Crippen molar-refractivity contribution in [1.29, 1.82) is 0 Å². The summed E-state index contributed by atoms with van der Waals surface area (Å²) in [6, 6.07) is 8.05. The summed E-state index contributed by atoms with van der Waals surface area (Å²) >= 11 is 0. The molecule has 0 aromatic heterocycles. The van der Waals surface area contributed by atoms with Crippen LogP contribution in [0, 0.1) is 12.8 Å². The largest absolute Gasteiger partial charge is 0.352 e. The Hall–Kier alpha value is -1.44. The van der Waals surface area contributed by atoms with Crippen LogP contribution in [0.3, 0.4) is 0 Å². The highest BCUT2D eigenvalue weighted by Gasteiger charge is 2.36. The SMILES string of the molecule is Cc1ccc(CNC(=O)[C@H]2CCCN(S(=O)(=O)N3CCCCC3)C2)cc1. The molecular formula is C19H29N3O3S. The van der Waals surface area contributed by atoms with Crippen molar-refractivity contribution in [2.24, 2.45) is 5.92 Å². The maximum absolute atomic E-state index is 12.8. The van der Waals surface area contributed by atoms with E-state index in [1.165, 1.54) is 9.87 Å². The van der Waals surface area contributed by atoms with Crippen LogP contribution in [0.4, 0.5) is 0 Å². The number of hydrogen-bond donors (Lipinski definition) is 1. The second-order valence-corrected chi connectivity index (χ2v) is 9.30. The topological polar surface area (TPSA) is 69.7 Å². The van der Waals surface area contributed by atoms with Gasteiger partial charge in [0.15, 0.2) is 0 Å². The van der Waals surface area contributed by atoms with E-state index in [0.717, 1.165) is 37.7 Å². The standard InChI is InChI=1S/C19H29N3O3S/c1-16-7-9-17(10-8-16)14-20-19(23)18-6-5-13-22(15-18)26(24,25)21-11-3-2-4-12-21/h7-10,18H,2-6,11-15H2,1H3,(H,20,23)/t18-/m0/s1. The second-order valence-electron chi connectivity index (χ2n) is 7.37. The van der Waals surface area contributed by atoms with Crippen molar-refractivity contribution in [2.75, 3.05) is 26.2 Å². The molecule has 0 spiro atoms. The molecular weight excluding hydrogens is 350 g/mol. The molecule has 6 nitrogen and oxygen atoms in total. The summed E-state index contributed by atoms with van der Waals surface area (Å²) < 4.78 is 28.8. The molecule has 26 heavy (non-hydrogen) atoms. The van der Waals surface area contributed by atoms with E-state index in [2.05, 4.69) is 5.32 Å². The quantitative estimate of drug-likeness (QED) is 0.851. The van der Waals surface area contributed by atoms with Crippen LogP contribution in [-0.2, 0) is 21.5 Å². The Balaban J connectivity index is 1.56. The van der Waals surface area contributed by atoms with Gasteiger partial charge in [0.2, 0.25) is 5.91 Å². The number of nitrogens with zero attached hydrogens (tertiary/aromatic N) is 2. The molecule has 1 aromatic rings. The first-order valence-electron chi connectivity index (χ1n) is 9.55. The second kappa shape index (κ2) is 8.50. The smallest absolute Gasteiger partial charge is 0.281 e. The molecule has 0 unspecified atom stereocenters. The van der Waals surface area contributed by atoms with Crippen LogP contribution in [-0.4, -0.2) is 49.1 Å². The lowest BCUT2D eigenvalue weighted by Gasteiger charge is -2.36. The van der Waals surface area contributed by atoms with Crippen LogP contribution in [0.5, 0.6) is 0 Å². The van der Waals surface area contributed by atoms with Gasteiger partial charge in [-0.3, -0.25) is 4.79 Å². The van der Waals surface area contributed by atoms with Gasteiger partial charge in [0.1, 0.15) is 0 Å². The Morgan fingerprint density at radius 2 is 1.69 bits per heavy atom. The van der Waals surface area contributed by atoms with E-state index in [1.54, 1.807) is 4.31 Å². The zero-order chi connectivity index (χ0) is 18.6. The molecule has 2 fully saturated rings. The molecule has 144 valence electrons. The molecule has 1 amide bonds. The van der Waals surface area contributed by atoms with E-state index in [9.17, 15) is 13.2 Å². The molecule has 0 radical (unpaired) electrons. The van der Waals surface area contributed by atoms with Crippen LogP contribution in [0.15, 0.2) is 24.3 Å². The Bertz CT molecular complexity index is 712. The number of piperidine rings is 2. The van der Waals surface area contributed by atoms with E-state index >= 15 is 0 Å². The highest BCUT2D eigenvalue weighted by molar-refractivity contribution is 7.86. The number of nitrogens with one attached hydrogen (secondary N) is 1. The highest BCUT2D eigenvalue weighted by Crippen LogP contribution is 2.23. The average molecular weight is 380 g/mol. The van der Waals surface area contributed by atoms with Crippen LogP contribution in [0.1, 0.15) is 43.2 Å². The molecule has 2 aliphatic rings. The number of hydrogen-bond acceptors (Lipinski definition) is 3. The minimum Gasteiger partial charge on any atom is -0.352 e. The van der Waals surface area contributed by atoms with Gasteiger partial charge >= 0.3 is 0 Å². The summed E-state index contributed by atoms with van der Waals surface area (Å²) in [5, 5.41) is 2.97. The Morgan fingerprint density at radius 3 is 2.38 bits per heavy atom. The van der Waals surface area contributed by atoms with Gasteiger partial charge in [0, 0.05) is 32.7 Å². The van der Waals surface area contributed by atoms with Gasteiger partial charge < -0.3 is 5.32 Å². The number of carbonyl (C=O) groups excluding carboxylic acids is 1. The third kappa shape index (κ3) is 4.64. The Kier molecular flexibility index (Phi) is 6.32. The van der Waals surface area contributed by atoms with Crippen molar-refractivity contribution in [3.8, 4) is 0 Å². The van der Waals surface area contributed by atoms with Gasteiger partial charge in [0.25, 0.3) is 10.2 Å². The van der Waals surface area contributed by atoms with Gasteiger partial charge in [-0.05, 0) is 38.2 Å². The fourth-order valence-electron chi connectivity index (χ4n) is 3.66. The monoisotopic (exact) mass is 379 g/mol.